The lowest BCUT2D eigenvalue weighted by Crippen LogP contribution is -2.37. The molecule has 4 heteroatoms. The molecule has 116 valence electrons. The van der Waals surface area contributed by atoms with E-state index >= 15 is 0 Å². The molecule has 0 fully saturated rings. The predicted molar refractivity (Wildman–Crippen MR) is 94.3 cm³/mol. The molecule has 1 N–H and O–H groups in total. The van der Waals surface area contributed by atoms with Gasteiger partial charge in [-0.15, -0.1) is 0 Å². The molecule has 0 saturated heterocycles. The minimum absolute atomic E-state index is 0.297. The van der Waals surface area contributed by atoms with Gasteiger partial charge in [0.15, 0.2) is 5.11 Å². The molecule has 0 aliphatic heterocycles. The molecule has 0 saturated carbocycles. The van der Waals surface area contributed by atoms with Crippen LogP contribution in [0.25, 0.3) is 0 Å². The van der Waals surface area contributed by atoms with Gasteiger partial charge in [-0.1, -0.05) is 56.3 Å². The quantitative estimate of drug-likeness (QED) is 0.806. The Morgan fingerprint density at radius 3 is 2.36 bits per heavy atom. The van der Waals surface area contributed by atoms with Gasteiger partial charge in [0.2, 0.25) is 0 Å². The van der Waals surface area contributed by atoms with Gasteiger partial charge in [-0.3, -0.25) is 0 Å². The summed E-state index contributed by atoms with van der Waals surface area (Å²) in [5, 5.41) is 3.56. The Morgan fingerprint density at radius 1 is 1.09 bits per heavy atom. The van der Waals surface area contributed by atoms with Gasteiger partial charge < -0.3 is 10.2 Å². The largest absolute Gasteiger partial charge is 0.344 e. The molecule has 2 rings (SSSR count). The summed E-state index contributed by atoms with van der Waals surface area (Å²) in [5.41, 5.74) is 1.59. The van der Waals surface area contributed by atoms with Crippen molar-refractivity contribution >= 4 is 23.0 Å². The van der Waals surface area contributed by atoms with Gasteiger partial charge in [0.25, 0.3) is 0 Å². The van der Waals surface area contributed by atoms with Crippen molar-refractivity contribution in [2.75, 3.05) is 11.9 Å². The van der Waals surface area contributed by atoms with Gasteiger partial charge in [-0.2, -0.15) is 0 Å². The van der Waals surface area contributed by atoms with E-state index in [4.69, 9.17) is 12.2 Å². The molecule has 0 aliphatic carbocycles. The van der Waals surface area contributed by atoms with Crippen LogP contribution >= 0.6 is 12.2 Å². The highest BCUT2D eigenvalue weighted by Crippen LogP contribution is 2.15. The van der Waals surface area contributed by atoms with Crippen LogP contribution in [0.1, 0.15) is 19.4 Å². The molecule has 0 unspecified atom stereocenters. The van der Waals surface area contributed by atoms with E-state index in [2.05, 4.69) is 36.2 Å². The highest BCUT2D eigenvalue weighted by molar-refractivity contribution is 7.80. The van der Waals surface area contributed by atoms with Crippen molar-refractivity contribution < 1.29 is 4.39 Å². The SMILES string of the molecule is CC(C)CN(Cc1ccccc1)C(=S)Nc1ccccc1F. The molecular formula is C18H21FN2S. The van der Waals surface area contributed by atoms with Gasteiger partial charge in [-0.05, 0) is 35.8 Å². The number of nitrogens with one attached hydrogen (secondary N) is 1. The van der Waals surface area contributed by atoms with E-state index in [0.29, 0.717) is 23.3 Å². The summed E-state index contributed by atoms with van der Waals surface area (Å²) in [6, 6.07) is 16.7. The van der Waals surface area contributed by atoms with Gasteiger partial charge in [0.1, 0.15) is 5.82 Å². The number of hydrogen-bond acceptors (Lipinski definition) is 1. The van der Waals surface area contributed by atoms with Crippen molar-refractivity contribution in [2.24, 2.45) is 5.92 Å². The molecule has 0 heterocycles. The number of hydrogen-bond donors (Lipinski definition) is 1. The van der Waals surface area contributed by atoms with Crippen LogP contribution in [0.4, 0.5) is 10.1 Å². The summed E-state index contributed by atoms with van der Waals surface area (Å²) >= 11 is 5.48. The number of para-hydroxylation sites is 1. The Morgan fingerprint density at radius 2 is 1.73 bits per heavy atom. The smallest absolute Gasteiger partial charge is 0.173 e. The maximum Gasteiger partial charge on any atom is 0.173 e. The van der Waals surface area contributed by atoms with Crippen molar-refractivity contribution in [3.05, 3.63) is 66.0 Å². The second-order valence-electron chi connectivity index (χ2n) is 5.67. The number of thiocarbonyl (C=S) groups is 1. The first kappa shape index (κ1) is 16.4. The zero-order valence-electron chi connectivity index (χ0n) is 12.9. The van der Waals surface area contributed by atoms with Crippen LogP contribution in [0.2, 0.25) is 0 Å². The number of halogens is 1. The van der Waals surface area contributed by atoms with E-state index in [1.807, 2.05) is 18.2 Å². The molecule has 0 radical (unpaired) electrons. The second kappa shape index (κ2) is 7.90. The molecule has 0 atom stereocenters. The van der Waals surface area contributed by atoms with Crippen molar-refractivity contribution in [1.29, 1.82) is 0 Å². The Hall–Kier alpha value is -1.94. The summed E-state index contributed by atoms with van der Waals surface area (Å²) in [4.78, 5) is 2.07. The third-order valence-electron chi connectivity index (χ3n) is 3.20. The molecule has 2 aromatic rings. The topological polar surface area (TPSA) is 15.3 Å². The molecule has 0 bridgehead atoms. The first-order valence-corrected chi connectivity index (χ1v) is 7.81. The van der Waals surface area contributed by atoms with Gasteiger partial charge in [0.05, 0.1) is 5.69 Å². The number of anilines is 1. The fourth-order valence-electron chi connectivity index (χ4n) is 2.22. The van der Waals surface area contributed by atoms with Crippen LogP contribution < -0.4 is 5.32 Å². The van der Waals surface area contributed by atoms with Crippen LogP contribution in [-0.4, -0.2) is 16.6 Å². The molecule has 22 heavy (non-hydrogen) atoms. The third kappa shape index (κ3) is 4.81. The summed E-state index contributed by atoms with van der Waals surface area (Å²) in [6.07, 6.45) is 0. The average Bonchev–Trinajstić information content (AvgIpc) is 2.49. The maximum atomic E-state index is 13.8. The highest BCUT2D eigenvalue weighted by Gasteiger charge is 2.13. The summed E-state index contributed by atoms with van der Waals surface area (Å²) in [7, 11) is 0. The first-order valence-electron chi connectivity index (χ1n) is 7.40. The van der Waals surface area contributed by atoms with Crippen LogP contribution in [0.3, 0.4) is 0 Å². The fraction of sp³-hybridized carbons (Fsp3) is 0.278. The number of benzene rings is 2. The molecule has 0 aromatic heterocycles. The van der Waals surface area contributed by atoms with E-state index < -0.39 is 0 Å². The predicted octanol–water partition coefficient (Wildman–Crippen LogP) is 4.68. The first-order chi connectivity index (χ1) is 10.6. The summed E-state index contributed by atoms with van der Waals surface area (Å²) in [5.74, 6) is 0.165. The van der Waals surface area contributed by atoms with Crippen LogP contribution in [0.5, 0.6) is 0 Å². The number of rotatable bonds is 5. The zero-order valence-corrected chi connectivity index (χ0v) is 13.7. The van der Waals surface area contributed by atoms with Gasteiger partial charge in [-0.25, -0.2) is 4.39 Å². The molecule has 2 aromatic carbocycles. The van der Waals surface area contributed by atoms with E-state index in [1.165, 1.54) is 11.6 Å². The molecule has 0 aliphatic rings. The van der Waals surface area contributed by atoms with Crippen LogP contribution in [0.15, 0.2) is 54.6 Å². The average molecular weight is 316 g/mol. The Balaban J connectivity index is 2.11. The Kier molecular flexibility index (Phi) is 5.90. The summed E-state index contributed by atoms with van der Waals surface area (Å²) in [6.45, 7) is 5.81. The fourth-order valence-corrected chi connectivity index (χ4v) is 2.47. The van der Waals surface area contributed by atoms with E-state index in [0.717, 1.165) is 6.54 Å². The molecule has 2 nitrogen and oxygen atoms in total. The Bertz CT molecular complexity index is 613. The lowest BCUT2D eigenvalue weighted by Gasteiger charge is -2.27. The van der Waals surface area contributed by atoms with E-state index in [-0.39, 0.29) is 5.82 Å². The minimum Gasteiger partial charge on any atom is -0.344 e. The lowest BCUT2D eigenvalue weighted by molar-refractivity contribution is 0.364. The van der Waals surface area contributed by atoms with E-state index in [1.54, 1.807) is 18.2 Å². The van der Waals surface area contributed by atoms with Gasteiger partial charge >= 0.3 is 0 Å². The monoisotopic (exact) mass is 316 g/mol. The van der Waals surface area contributed by atoms with Gasteiger partial charge in [0, 0.05) is 13.1 Å². The second-order valence-corrected chi connectivity index (χ2v) is 6.06. The van der Waals surface area contributed by atoms with Crippen molar-refractivity contribution in [1.82, 2.24) is 4.90 Å². The van der Waals surface area contributed by atoms with Crippen molar-refractivity contribution in [3.63, 3.8) is 0 Å². The van der Waals surface area contributed by atoms with Crippen molar-refractivity contribution in [2.45, 2.75) is 20.4 Å². The molecule has 0 amide bonds. The van der Waals surface area contributed by atoms with E-state index in [9.17, 15) is 4.39 Å². The molecular weight excluding hydrogens is 295 g/mol. The number of nitrogens with zero attached hydrogens (tertiary/aromatic N) is 1. The summed E-state index contributed by atoms with van der Waals surface area (Å²) < 4.78 is 13.8. The normalized spacial score (nSPS) is 10.5. The Labute approximate surface area is 137 Å². The van der Waals surface area contributed by atoms with Crippen molar-refractivity contribution in [3.8, 4) is 0 Å². The zero-order chi connectivity index (χ0) is 15.9. The molecule has 0 spiro atoms. The maximum absolute atomic E-state index is 13.8. The highest BCUT2D eigenvalue weighted by atomic mass is 32.1. The van der Waals surface area contributed by atoms with Crippen LogP contribution in [0, 0.1) is 11.7 Å². The third-order valence-corrected chi connectivity index (χ3v) is 3.56. The van der Waals surface area contributed by atoms with Crippen LogP contribution in [-0.2, 0) is 6.54 Å². The lowest BCUT2D eigenvalue weighted by atomic mass is 10.1. The standard InChI is InChI=1S/C18H21FN2S/c1-14(2)12-21(13-15-8-4-3-5-9-15)18(22)20-17-11-7-6-10-16(17)19/h3-11,14H,12-13H2,1-2H3,(H,20,22). The minimum atomic E-state index is -0.297.